The number of aromatic nitrogens is 1. The van der Waals surface area contributed by atoms with Gasteiger partial charge in [-0.15, -0.1) is 0 Å². The molecule has 106 valence electrons. The highest BCUT2D eigenvalue weighted by atomic mass is 16.5. The average molecular weight is 275 g/mol. The number of carbonyl (C=O) groups excluding carboxylic acids is 1. The van der Waals surface area contributed by atoms with Crippen LogP contribution in [0.5, 0.6) is 11.5 Å². The molecule has 0 saturated heterocycles. The first-order chi connectivity index (χ1) is 9.71. The number of methoxy groups -OCH3 is 1. The van der Waals surface area contributed by atoms with Gasteiger partial charge in [0.25, 0.3) is 0 Å². The molecule has 0 spiro atoms. The molecule has 1 aromatic carbocycles. The molecule has 0 atom stereocenters. The molecular weight excluding hydrogens is 258 g/mol. The monoisotopic (exact) mass is 275 g/mol. The van der Waals surface area contributed by atoms with E-state index in [2.05, 4.69) is 9.72 Å². The van der Waals surface area contributed by atoms with Gasteiger partial charge in [-0.05, 0) is 38.1 Å². The number of hydrogen-bond acceptors (Lipinski definition) is 5. The summed E-state index contributed by atoms with van der Waals surface area (Å²) >= 11 is 0. The summed E-state index contributed by atoms with van der Waals surface area (Å²) in [6, 6.07) is 7.05. The van der Waals surface area contributed by atoms with E-state index in [9.17, 15) is 4.79 Å². The van der Waals surface area contributed by atoms with Gasteiger partial charge in [-0.25, -0.2) is 9.78 Å². The normalized spacial score (nSPS) is 10.3. The Morgan fingerprint density at radius 2 is 1.70 bits per heavy atom. The van der Waals surface area contributed by atoms with Gasteiger partial charge in [0.05, 0.1) is 20.3 Å². The third-order valence-corrected chi connectivity index (χ3v) is 2.77. The van der Waals surface area contributed by atoms with Crippen molar-refractivity contribution in [3.63, 3.8) is 0 Å². The number of hydrogen-bond donors (Lipinski definition) is 0. The van der Waals surface area contributed by atoms with Crippen molar-refractivity contribution in [3.8, 4) is 11.5 Å². The molecule has 2 rings (SSSR count). The van der Waals surface area contributed by atoms with Crippen molar-refractivity contribution >= 4 is 16.9 Å². The molecule has 2 aromatic rings. The minimum atomic E-state index is -0.476. The second kappa shape index (κ2) is 6.23. The lowest BCUT2D eigenvalue weighted by Crippen LogP contribution is -2.05. The van der Waals surface area contributed by atoms with Crippen LogP contribution in [0.1, 0.15) is 24.3 Å². The van der Waals surface area contributed by atoms with Gasteiger partial charge in [0.15, 0.2) is 0 Å². The van der Waals surface area contributed by atoms with Crippen LogP contribution in [-0.4, -0.2) is 31.3 Å². The zero-order valence-corrected chi connectivity index (χ0v) is 11.8. The molecule has 0 unspecified atom stereocenters. The van der Waals surface area contributed by atoms with Gasteiger partial charge in [0.1, 0.15) is 22.7 Å². The van der Waals surface area contributed by atoms with Gasteiger partial charge in [-0.1, -0.05) is 0 Å². The van der Waals surface area contributed by atoms with Crippen LogP contribution >= 0.6 is 0 Å². The maximum absolute atomic E-state index is 11.6. The largest absolute Gasteiger partial charge is 0.493 e. The van der Waals surface area contributed by atoms with Crippen molar-refractivity contribution in [2.75, 3.05) is 20.3 Å². The smallest absolute Gasteiger partial charge is 0.356 e. The number of pyridine rings is 1. The predicted molar refractivity (Wildman–Crippen MR) is 75.4 cm³/mol. The van der Waals surface area contributed by atoms with Crippen LogP contribution in [0.3, 0.4) is 0 Å². The second-order valence-corrected chi connectivity index (χ2v) is 4.01. The van der Waals surface area contributed by atoms with Crippen molar-refractivity contribution in [2.45, 2.75) is 13.8 Å². The summed E-state index contributed by atoms with van der Waals surface area (Å²) < 4.78 is 15.8. The SMILES string of the molecule is CCOc1ccc(OCC)c2nc(C(=O)OC)ccc12. The minimum Gasteiger partial charge on any atom is -0.493 e. The number of esters is 1. The summed E-state index contributed by atoms with van der Waals surface area (Å²) in [5.74, 6) is 0.864. The zero-order chi connectivity index (χ0) is 14.5. The zero-order valence-electron chi connectivity index (χ0n) is 11.8. The number of benzene rings is 1. The molecule has 0 N–H and O–H groups in total. The Morgan fingerprint density at radius 1 is 1.05 bits per heavy atom. The van der Waals surface area contributed by atoms with Crippen molar-refractivity contribution in [1.29, 1.82) is 0 Å². The average Bonchev–Trinajstić information content (AvgIpc) is 2.48. The predicted octanol–water partition coefficient (Wildman–Crippen LogP) is 2.82. The third-order valence-electron chi connectivity index (χ3n) is 2.77. The minimum absolute atomic E-state index is 0.245. The standard InChI is InChI=1S/C15H17NO4/c1-4-19-12-8-9-13(20-5-2)14-10(12)6-7-11(16-14)15(17)18-3/h6-9H,4-5H2,1-3H3. The first kappa shape index (κ1) is 14.1. The fourth-order valence-corrected chi connectivity index (χ4v) is 1.94. The van der Waals surface area contributed by atoms with E-state index in [0.29, 0.717) is 24.5 Å². The molecular formula is C15H17NO4. The topological polar surface area (TPSA) is 57.7 Å². The second-order valence-electron chi connectivity index (χ2n) is 4.01. The number of nitrogens with zero attached hydrogens (tertiary/aromatic N) is 1. The summed E-state index contributed by atoms with van der Waals surface area (Å²) in [4.78, 5) is 15.9. The summed E-state index contributed by atoms with van der Waals surface area (Å²) in [5, 5.41) is 0.811. The van der Waals surface area contributed by atoms with E-state index in [1.54, 1.807) is 18.2 Å². The molecule has 0 bridgehead atoms. The van der Waals surface area contributed by atoms with Crippen molar-refractivity contribution in [1.82, 2.24) is 4.98 Å². The van der Waals surface area contributed by atoms with Crippen LogP contribution in [0.4, 0.5) is 0 Å². The molecule has 0 radical (unpaired) electrons. The van der Waals surface area contributed by atoms with E-state index in [-0.39, 0.29) is 5.69 Å². The van der Waals surface area contributed by atoms with Crippen LogP contribution in [0.15, 0.2) is 24.3 Å². The Bertz CT molecular complexity index is 625. The Hall–Kier alpha value is -2.30. The number of fused-ring (bicyclic) bond motifs is 1. The van der Waals surface area contributed by atoms with Gasteiger partial charge in [-0.3, -0.25) is 0 Å². The van der Waals surface area contributed by atoms with Gasteiger partial charge >= 0.3 is 5.97 Å². The maximum Gasteiger partial charge on any atom is 0.356 e. The summed E-state index contributed by atoms with van der Waals surface area (Å²) in [7, 11) is 1.33. The molecule has 1 heterocycles. The highest BCUT2D eigenvalue weighted by molar-refractivity contribution is 5.95. The van der Waals surface area contributed by atoms with Crippen molar-refractivity contribution in [2.24, 2.45) is 0 Å². The quantitative estimate of drug-likeness (QED) is 0.785. The first-order valence-electron chi connectivity index (χ1n) is 6.48. The van der Waals surface area contributed by atoms with E-state index in [1.165, 1.54) is 7.11 Å². The molecule has 0 amide bonds. The first-order valence-corrected chi connectivity index (χ1v) is 6.48. The van der Waals surface area contributed by atoms with E-state index in [4.69, 9.17) is 9.47 Å². The number of ether oxygens (including phenoxy) is 3. The molecule has 5 heteroatoms. The Kier molecular flexibility index (Phi) is 4.40. The van der Waals surface area contributed by atoms with Gasteiger partial charge in [0.2, 0.25) is 0 Å². The van der Waals surface area contributed by atoms with Crippen LogP contribution in [0, 0.1) is 0 Å². The summed E-state index contributed by atoms with van der Waals surface area (Å²) in [6.45, 7) is 4.89. The summed E-state index contributed by atoms with van der Waals surface area (Å²) in [6.07, 6.45) is 0. The maximum atomic E-state index is 11.6. The van der Waals surface area contributed by atoms with Crippen LogP contribution in [0.25, 0.3) is 10.9 Å². The lowest BCUT2D eigenvalue weighted by atomic mass is 10.1. The van der Waals surface area contributed by atoms with Crippen molar-refractivity contribution < 1.29 is 19.0 Å². The lowest BCUT2D eigenvalue weighted by Gasteiger charge is -2.12. The van der Waals surface area contributed by atoms with Gasteiger partial charge < -0.3 is 14.2 Å². The van der Waals surface area contributed by atoms with E-state index in [1.807, 2.05) is 19.9 Å². The van der Waals surface area contributed by atoms with Crippen LogP contribution in [0.2, 0.25) is 0 Å². The highest BCUT2D eigenvalue weighted by Crippen LogP contribution is 2.32. The van der Waals surface area contributed by atoms with Crippen molar-refractivity contribution in [3.05, 3.63) is 30.0 Å². The number of carbonyl (C=O) groups is 1. The molecule has 5 nitrogen and oxygen atoms in total. The van der Waals surface area contributed by atoms with E-state index < -0.39 is 5.97 Å². The lowest BCUT2D eigenvalue weighted by molar-refractivity contribution is 0.0594. The van der Waals surface area contributed by atoms with E-state index >= 15 is 0 Å². The van der Waals surface area contributed by atoms with E-state index in [0.717, 1.165) is 11.1 Å². The highest BCUT2D eigenvalue weighted by Gasteiger charge is 2.13. The van der Waals surface area contributed by atoms with Crippen LogP contribution < -0.4 is 9.47 Å². The third kappa shape index (κ3) is 2.66. The fourth-order valence-electron chi connectivity index (χ4n) is 1.94. The molecule has 0 saturated carbocycles. The Morgan fingerprint density at radius 3 is 2.35 bits per heavy atom. The molecule has 0 aliphatic heterocycles. The number of rotatable bonds is 5. The molecule has 1 aromatic heterocycles. The Labute approximate surface area is 117 Å². The molecule has 0 aliphatic carbocycles. The fraction of sp³-hybridized carbons (Fsp3) is 0.333. The molecule has 0 fully saturated rings. The van der Waals surface area contributed by atoms with Gasteiger partial charge in [0, 0.05) is 5.39 Å². The Balaban J connectivity index is 2.62. The van der Waals surface area contributed by atoms with Crippen LogP contribution in [-0.2, 0) is 4.74 Å². The summed E-state index contributed by atoms with van der Waals surface area (Å²) in [5.41, 5.74) is 0.843. The van der Waals surface area contributed by atoms with Gasteiger partial charge in [-0.2, -0.15) is 0 Å². The molecule has 20 heavy (non-hydrogen) atoms. The molecule has 0 aliphatic rings.